The number of H-pyrrole nitrogens is 1. The number of carboxylic acid groups (broad SMARTS) is 1. The Bertz CT molecular complexity index is 598. The molecule has 0 aliphatic carbocycles. The molecule has 0 bridgehead atoms. The van der Waals surface area contributed by atoms with E-state index < -0.39 is 5.97 Å². The van der Waals surface area contributed by atoms with Crippen molar-refractivity contribution in [2.24, 2.45) is 0 Å². The number of hydrogen-bond donors (Lipinski definition) is 2. The van der Waals surface area contributed by atoms with Crippen molar-refractivity contribution in [3.8, 4) is 5.75 Å². The topological polar surface area (TPSA) is 88.1 Å². The Morgan fingerprint density at radius 3 is 2.89 bits per heavy atom. The molecule has 2 aromatic rings. The molecule has 19 heavy (non-hydrogen) atoms. The van der Waals surface area contributed by atoms with E-state index in [2.05, 4.69) is 15.2 Å². The first kappa shape index (κ1) is 13.4. The number of carboxylic acids is 1. The van der Waals surface area contributed by atoms with E-state index in [0.29, 0.717) is 16.7 Å². The van der Waals surface area contributed by atoms with Gasteiger partial charge in [-0.1, -0.05) is 17.8 Å². The molecule has 0 amide bonds. The van der Waals surface area contributed by atoms with Crippen LogP contribution in [0.1, 0.15) is 21.7 Å². The van der Waals surface area contributed by atoms with Crippen LogP contribution in [0.25, 0.3) is 0 Å². The summed E-state index contributed by atoms with van der Waals surface area (Å²) in [6, 6.07) is 5.02. The number of carbonyl (C=O) groups is 1. The summed E-state index contributed by atoms with van der Waals surface area (Å²) in [4.78, 5) is 15.1. The lowest BCUT2D eigenvalue weighted by Crippen LogP contribution is -2.00. The molecule has 1 aromatic carbocycles. The van der Waals surface area contributed by atoms with Gasteiger partial charge in [0.2, 0.25) is 5.16 Å². The molecule has 6 nitrogen and oxygen atoms in total. The van der Waals surface area contributed by atoms with E-state index in [4.69, 9.17) is 9.84 Å². The van der Waals surface area contributed by atoms with Gasteiger partial charge in [0.25, 0.3) is 0 Å². The minimum atomic E-state index is -0.999. The third kappa shape index (κ3) is 3.25. The van der Waals surface area contributed by atoms with Crippen LogP contribution in [0.4, 0.5) is 0 Å². The fourth-order valence-electron chi connectivity index (χ4n) is 1.54. The van der Waals surface area contributed by atoms with E-state index >= 15 is 0 Å². The number of nitrogens with zero attached hydrogens (tertiary/aromatic N) is 2. The van der Waals surface area contributed by atoms with Crippen molar-refractivity contribution in [3.05, 3.63) is 35.2 Å². The molecule has 0 saturated heterocycles. The van der Waals surface area contributed by atoms with Gasteiger partial charge in [0.15, 0.2) is 0 Å². The molecule has 0 unspecified atom stereocenters. The Kier molecular flexibility index (Phi) is 4.06. The van der Waals surface area contributed by atoms with Crippen LogP contribution >= 0.6 is 11.8 Å². The lowest BCUT2D eigenvalue weighted by Gasteiger charge is -2.07. The van der Waals surface area contributed by atoms with Gasteiger partial charge in [0.1, 0.15) is 17.1 Å². The molecule has 0 aliphatic heterocycles. The standard InChI is InChI=1S/C12H13N3O3S/c1-7-13-12(15-14-7)19-6-8-3-4-9(11(16)17)10(5-8)18-2/h3-5H,6H2,1-2H3,(H,16,17)(H,13,14,15). The van der Waals surface area contributed by atoms with Crippen molar-refractivity contribution in [1.82, 2.24) is 15.2 Å². The Labute approximate surface area is 114 Å². The summed E-state index contributed by atoms with van der Waals surface area (Å²) in [5.74, 6) is 0.770. The zero-order valence-corrected chi connectivity index (χ0v) is 11.3. The van der Waals surface area contributed by atoms with E-state index in [1.54, 1.807) is 18.2 Å². The Balaban J connectivity index is 2.11. The summed E-state index contributed by atoms with van der Waals surface area (Å²) in [5, 5.41) is 16.4. The number of nitrogens with one attached hydrogen (secondary N) is 1. The maximum absolute atomic E-state index is 11.0. The zero-order chi connectivity index (χ0) is 13.8. The molecule has 0 aliphatic rings. The summed E-state index contributed by atoms with van der Waals surface area (Å²) in [7, 11) is 1.46. The lowest BCUT2D eigenvalue weighted by atomic mass is 10.1. The molecule has 2 rings (SSSR count). The molecule has 2 N–H and O–H groups in total. The number of hydrogen-bond acceptors (Lipinski definition) is 5. The molecule has 0 spiro atoms. The monoisotopic (exact) mass is 279 g/mol. The van der Waals surface area contributed by atoms with Crippen LogP contribution in [0.15, 0.2) is 23.4 Å². The second-order valence-electron chi connectivity index (χ2n) is 3.83. The maximum Gasteiger partial charge on any atom is 0.339 e. The highest BCUT2D eigenvalue weighted by Gasteiger charge is 2.11. The Hall–Kier alpha value is -2.02. The predicted molar refractivity (Wildman–Crippen MR) is 70.6 cm³/mol. The predicted octanol–water partition coefficient (Wildman–Crippen LogP) is 2.11. The fraction of sp³-hybridized carbons (Fsp3) is 0.250. The fourth-order valence-corrected chi connectivity index (χ4v) is 2.32. The van der Waals surface area contributed by atoms with Gasteiger partial charge >= 0.3 is 5.97 Å². The SMILES string of the molecule is COc1cc(CSc2n[nH]c(C)n2)ccc1C(=O)O. The summed E-state index contributed by atoms with van der Waals surface area (Å²) >= 11 is 1.47. The number of aryl methyl sites for hydroxylation is 1. The van der Waals surface area contributed by atoms with E-state index in [1.807, 2.05) is 6.92 Å². The minimum Gasteiger partial charge on any atom is -0.496 e. The normalized spacial score (nSPS) is 10.4. The Morgan fingerprint density at radius 2 is 2.32 bits per heavy atom. The molecular weight excluding hydrogens is 266 g/mol. The maximum atomic E-state index is 11.0. The van der Waals surface area contributed by atoms with Gasteiger partial charge in [-0.2, -0.15) is 0 Å². The molecule has 0 radical (unpaired) electrons. The van der Waals surface area contributed by atoms with Gasteiger partial charge in [-0.15, -0.1) is 5.10 Å². The largest absolute Gasteiger partial charge is 0.496 e. The number of methoxy groups -OCH3 is 1. The summed E-state index contributed by atoms with van der Waals surface area (Å²) in [5.41, 5.74) is 1.11. The van der Waals surface area contributed by atoms with Gasteiger partial charge in [-0.3, -0.25) is 5.10 Å². The zero-order valence-electron chi connectivity index (χ0n) is 10.5. The molecule has 1 heterocycles. The van der Waals surface area contributed by atoms with Gasteiger partial charge in [-0.05, 0) is 24.6 Å². The van der Waals surface area contributed by atoms with Crippen LogP contribution in [0.2, 0.25) is 0 Å². The van der Waals surface area contributed by atoms with Crippen LogP contribution in [0.3, 0.4) is 0 Å². The molecular formula is C12H13N3O3S. The van der Waals surface area contributed by atoms with E-state index in [9.17, 15) is 4.79 Å². The van der Waals surface area contributed by atoms with Crippen LogP contribution in [0, 0.1) is 6.92 Å². The summed E-state index contributed by atoms with van der Waals surface area (Å²) < 4.78 is 5.08. The minimum absolute atomic E-state index is 0.157. The van der Waals surface area contributed by atoms with Crippen molar-refractivity contribution < 1.29 is 14.6 Å². The quantitative estimate of drug-likeness (QED) is 0.815. The average Bonchev–Trinajstić information content (AvgIpc) is 2.81. The van der Waals surface area contributed by atoms with Crippen LogP contribution in [0.5, 0.6) is 5.75 Å². The third-order valence-corrected chi connectivity index (χ3v) is 3.36. The number of rotatable bonds is 5. The van der Waals surface area contributed by atoms with Crippen molar-refractivity contribution in [2.75, 3.05) is 7.11 Å². The van der Waals surface area contributed by atoms with Gasteiger partial charge in [0, 0.05) is 5.75 Å². The van der Waals surface area contributed by atoms with Gasteiger partial charge in [0.05, 0.1) is 7.11 Å². The lowest BCUT2D eigenvalue weighted by molar-refractivity contribution is 0.0693. The average molecular weight is 279 g/mol. The number of thioether (sulfide) groups is 1. The van der Waals surface area contributed by atoms with Crippen molar-refractivity contribution in [2.45, 2.75) is 17.8 Å². The van der Waals surface area contributed by atoms with E-state index in [-0.39, 0.29) is 5.56 Å². The highest BCUT2D eigenvalue weighted by Crippen LogP contribution is 2.25. The summed E-state index contributed by atoms with van der Waals surface area (Å²) in [6.07, 6.45) is 0. The third-order valence-electron chi connectivity index (χ3n) is 2.44. The number of aromatic amines is 1. The number of benzene rings is 1. The van der Waals surface area contributed by atoms with Gasteiger partial charge < -0.3 is 9.84 Å². The van der Waals surface area contributed by atoms with Crippen LogP contribution in [-0.2, 0) is 5.75 Å². The van der Waals surface area contributed by atoms with Crippen molar-refractivity contribution >= 4 is 17.7 Å². The summed E-state index contributed by atoms with van der Waals surface area (Å²) in [6.45, 7) is 1.84. The van der Waals surface area contributed by atoms with Crippen molar-refractivity contribution in [1.29, 1.82) is 0 Å². The Morgan fingerprint density at radius 1 is 1.53 bits per heavy atom. The second kappa shape index (κ2) is 5.75. The molecule has 1 aromatic heterocycles. The molecule has 0 fully saturated rings. The smallest absolute Gasteiger partial charge is 0.339 e. The highest BCUT2D eigenvalue weighted by atomic mass is 32.2. The van der Waals surface area contributed by atoms with Crippen molar-refractivity contribution in [3.63, 3.8) is 0 Å². The van der Waals surface area contributed by atoms with Gasteiger partial charge in [-0.25, -0.2) is 9.78 Å². The molecule has 100 valence electrons. The molecule has 7 heteroatoms. The first-order valence-electron chi connectivity index (χ1n) is 5.52. The van der Waals surface area contributed by atoms with E-state index in [0.717, 1.165) is 11.4 Å². The second-order valence-corrected chi connectivity index (χ2v) is 4.77. The molecule has 0 saturated carbocycles. The van der Waals surface area contributed by atoms with Crippen LogP contribution in [-0.4, -0.2) is 33.4 Å². The number of aromatic carboxylic acids is 1. The first-order valence-corrected chi connectivity index (χ1v) is 6.50. The van der Waals surface area contributed by atoms with Crippen LogP contribution < -0.4 is 4.74 Å². The number of aromatic nitrogens is 3. The molecule has 0 atom stereocenters. The van der Waals surface area contributed by atoms with E-state index in [1.165, 1.54) is 18.9 Å². The first-order chi connectivity index (χ1) is 9.10. The number of ether oxygens (including phenoxy) is 1. The highest BCUT2D eigenvalue weighted by molar-refractivity contribution is 7.98.